The minimum absolute atomic E-state index is 0.877. The third-order valence-corrected chi connectivity index (χ3v) is 18.7. The van der Waals surface area contributed by atoms with Gasteiger partial charge in [0.2, 0.25) is 0 Å². The molecule has 340 valence electrons. The van der Waals surface area contributed by atoms with Crippen LogP contribution in [-0.2, 0) is 0 Å². The van der Waals surface area contributed by atoms with Crippen molar-refractivity contribution in [1.82, 2.24) is 0 Å². The van der Waals surface area contributed by atoms with Gasteiger partial charge in [-0.2, -0.15) is 0 Å². The fourth-order valence-corrected chi connectivity index (χ4v) is 14.9. The molecule has 0 unspecified atom stereocenters. The van der Waals surface area contributed by atoms with Crippen molar-refractivity contribution in [2.24, 2.45) is 0 Å². The zero-order chi connectivity index (χ0) is 47.9. The van der Waals surface area contributed by atoms with Gasteiger partial charge in [-0.3, -0.25) is 0 Å². The van der Waals surface area contributed by atoms with Gasteiger partial charge in [-0.25, -0.2) is 0 Å². The van der Waals surface area contributed by atoms with Gasteiger partial charge in [0, 0.05) is 38.8 Å². The molecule has 72 heavy (non-hydrogen) atoms. The molecular formula is C68H48N2OSi. The molecule has 12 aromatic carbocycles. The van der Waals surface area contributed by atoms with Crippen LogP contribution in [0.25, 0.3) is 87.6 Å². The van der Waals surface area contributed by atoms with Gasteiger partial charge < -0.3 is 14.2 Å². The van der Waals surface area contributed by atoms with Crippen molar-refractivity contribution in [3.8, 4) is 33.4 Å². The van der Waals surface area contributed by atoms with Crippen LogP contribution < -0.4 is 20.2 Å². The van der Waals surface area contributed by atoms with E-state index in [0.717, 1.165) is 56.1 Å². The fraction of sp³-hybridized carbons (Fsp3) is 0.0294. The summed E-state index contributed by atoms with van der Waals surface area (Å²) >= 11 is 0. The van der Waals surface area contributed by atoms with E-state index in [2.05, 4.69) is 272 Å². The normalized spacial score (nSPS) is 12.7. The van der Waals surface area contributed by atoms with Crippen LogP contribution in [0.5, 0.6) is 0 Å². The molecule has 0 fully saturated rings. The Kier molecular flexibility index (Phi) is 9.67. The first-order valence-corrected chi connectivity index (χ1v) is 27.9. The highest BCUT2D eigenvalue weighted by Crippen LogP contribution is 2.49. The molecule has 0 N–H and O–H groups in total. The molecule has 2 heterocycles. The zero-order valence-corrected chi connectivity index (χ0v) is 41.1. The van der Waals surface area contributed by atoms with Gasteiger partial charge >= 0.3 is 0 Å². The second kappa shape index (κ2) is 16.6. The quantitative estimate of drug-likeness (QED) is 0.112. The average molecular weight is 937 g/mol. The molecule has 0 saturated heterocycles. The summed E-state index contributed by atoms with van der Waals surface area (Å²) < 4.78 is 6.75. The maximum absolute atomic E-state index is 6.75. The van der Waals surface area contributed by atoms with E-state index in [1.165, 1.54) is 76.1 Å². The number of hydrogen-bond acceptors (Lipinski definition) is 3. The molecule has 1 aliphatic heterocycles. The Bertz CT molecular complexity index is 4240. The van der Waals surface area contributed by atoms with Crippen molar-refractivity contribution in [1.29, 1.82) is 0 Å². The van der Waals surface area contributed by atoms with Crippen LogP contribution in [0.3, 0.4) is 0 Å². The number of rotatable bonds is 8. The maximum Gasteiger partial charge on any atom is 0.159 e. The molecule has 0 radical (unpaired) electrons. The monoisotopic (exact) mass is 936 g/mol. The predicted molar refractivity (Wildman–Crippen MR) is 309 cm³/mol. The van der Waals surface area contributed by atoms with Crippen molar-refractivity contribution in [3.05, 3.63) is 255 Å². The lowest BCUT2D eigenvalue weighted by molar-refractivity contribution is 0.669. The number of anilines is 6. The van der Waals surface area contributed by atoms with Gasteiger partial charge in [0.15, 0.2) is 5.58 Å². The van der Waals surface area contributed by atoms with Crippen LogP contribution in [0.1, 0.15) is 0 Å². The minimum atomic E-state index is -2.24. The summed E-state index contributed by atoms with van der Waals surface area (Å²) in [7, 11) is -2.24. The zero-order valence-electron chi connectivity index (χ0n) is 40.1. The fourth-order valence-electron chi connectivity index (χ4n) is 11.8. The summed E-state index contributed by atoms with van der Waals surface area (Å²) in [6, 6.07) is 93.2. The first-order chi connectivity index (χ1) is 35.5. The first-order valence-electron chi connectivity index (χ1n) is 24.9. The van der Waals surface area contributed by atoms with Crippen LogP contribution in [0, 0.1) is 0 Å². The van der Waals surface area contributed by atoms with E-state index in [1.54, 1.807) is 0 Å². The van der Waals surface area contributed by atoms with Crippen molar-refractivity contribution in [2.45, 2.75) is 13.1 Å². The number of hydrogen-bond donors (Lipinski definition) is 0. The molecule has 1 aliphatic rings. The standard InChI is InChI=1S/C68H48N2OSi/c1-72(2)65-35-19-30-56-59-44-63(70(49-24-10-5-11-25-49)62-33-18-31-57-54-29-15-17-34-64(54)71-68(57)62)53-28-13-12-27-52(53)58(59)43-60(67(56)65)55-41-38-47(42-66(55)72)45-36-39-50(40-37-45)69(48-22-8-4-9-23-48)61-32-16-14-26-51(61)46-20-6-3-7-21-46/h3-44H,1-2H3. The molecule has 0 spiro atoms. The van der Waals surface area contributed by atoms with Crippen LogP contribution in [0.4, 0.5) is 34.1 Å². The van der Waals surface area contributed by atoms with E-state index in [-0.39, 0.29) is 0 Å². The predicted octanol–water partition coefficient (Wildman–Crippen LogP) is 18.1. The van der Waals surface area contributed by atoms with Crippen molar-refractivity contribution in [2.75, 3.05) is 9.80 Å². The lowest BCUT2D eigenvalue weighted by atomic mass is 9.89. The van der Waals surface area contributed by atoms with Crippen LogP contribution in [0.2, 0.25) is 13.1 Å². The molecule has 0 atom stereocenters. The van der Waals surface area contributed by atoms with Crippen LogP contribution in [-0.4, -0.2) is 8.07 Å². The van der Waals surface area contributed by atoms with Crippen LogP contribution in [0.15, 0.2) is 259 Å². The third-order valence-electron chi connectivity index (χ3n) is 15.2. The number of benzene rings is 12. The molecule has 0 aliphatic carbocycles. The molecule has 1 aromatic heterocycles. The second-order valence-corrected chi connectivity index (χ2v) is 23.9. The van der Waals surface area contributed by atoms with Gasteiger partial charge in [-0.1, -0.05) is 201 Å². The lowest BCUT2D eigenvalue weighted by Crippen LogP contribution is -2.55. The Morgan fingerprint density at radius 3 is 1.65 bits per heavy atom. The summed E-state index contributed by atoms with van der Waals surface area (Å²) in [6.07, 6.45) is 0. The molecule has 14 rings (SSSR count). The highest BCUT2D eigenvalue weighted by atomic mass is 28.3. The smallest absolute Gasteiger partial charge is 0.159 e. The largest absolute Gasteiger partial charge is 0.454 e. The Morgan fingerprint density at radius 1 is 0.306 bits per heavy atom. The van der Waals surface area contributed by atoms with E-state index in [1.807, 2.05) is 6.07 Å². The average Bonchev–Trinajstić information content (AvgIpc) is 3.83. The number of para-hydroxylation sites is 5. The number of nitrogens with zero attached hydrogens (tertiary/aromatic N) is 2. The van der Waals surface area contributed by atoms with Crippen molar-refractivity contribution >= 4 is 107 Å². The summed E-state index contributed by atoms with van der Waals surface area (Å²) in [5, 5.41) is 12.8. The molecule has 0 bridgehead atoms. The lowest BCUT2D eigenvalue weighted by Gasteiger charge is -2.35. The van der Waals surface area contributed by atoms with Gasteiger partial charge in [-0.05, 0) is 132 Å². The minimum Gasteiger partial charge on any atom is -0.454 e. The van der Waals surface area contributed by atoms with Crippen molar-refractivity contribution in [3.63, 3.8) is 0 Å². The highest BCUT2D eigenvalue weighted by Gasteiger charge is 2.36. The summed E-state index contributed by atoms with van der Waals surface area (Å²) in [4.78, 5) is 4.79. The van der Waals surface area contributed by atoms with Gasteiger partial charge in [0.25, 0.3) is 0 Å². The summed E-state index contributed by atoms with van der Waals surface area (Å²) in [5.41, 5.74) is 15.8. The van der Waals surface area contributed by atoms with E-state index >= 15 is 0 Å². The third kappa shape index (κ3) is 6.57. The Balaban J connectivity index is 0.916. The first kappa shape index (κ1) is 42.0. The van der Waals surface area contributed by atoms with Gasteiger partial charge in [0.1, 0.15) is 13.7 Å². The van der Waals surface area contributed by atoms with Crippen LogP contribution >= 0.6 is 0 Å². The van der Waals surface area contributed by atoms with E-state index in [9.17, 15) is 0 Å². The molecule has 4 heteroatoms. The molecule has 13 aromatic rings. The van der Waals surface area contributed by atoms with Crippen molar-refractivity contribution < 1.29 is 4.42 Å². The molecular weight excluding hydrogens is 889 g/mol. The Hall–Kier alpha value is -8.96. The Labute approximate surface area is 420 Å². The SMILES string of the molecule is C[Si]1(C)c2cc(-c3ccc(N(c4ccccc4)c4ccccc4-c4ccccc4)cc3)ccc2-c2cc3c4ccccc4c(N(c4ccccc4)c4cccc5c4oc4ccccc45)cc3c3cccc1c23. The van der Waals surface area contributed by atoms with E-state index in [0.29, 0.717) is 0 Å². The number of furan rings is 1. The van der Waals surface area contributed by atoms with E-state index < -0.39 is 8.07 Å². The number of fused-ring (bicyclic) bond motifs is 9. The summed E-state index contributed by atoms with van der Waals surface area (Å²) in [6.45, 7) is 5.08. The molecule has 0 saturated carbocycles. The van der Waals surface area contributed by atoms with E-state index in [4.69, 9.17) is 4.42 Å². The molecule has 0 amide bonds. The Morgan fingerprint density at radius 2 is 0.875 bits per heavy atom. The summed E-state index contributed by atoms with van der Waals surface area (Å²) in [5.74, 6) is 0. The van der Waals surface area contributed by atoms with Gasteiger partial charge in [-0.15, -0.1) is 0 Å². The van der Waals surface area contributed by atoms with Gasteiger partial charge in [0.05, 0.1) is 17.1 Å². The molecule has 3 nitrogen and oxygen atoms in total. The highest BCUT2D eigenvalue weighted by molar-refractivity contribution is 7.03. The maximum atomic E-state index is 6.75. The topological polar surface area (TPSA) is 19.6 Å². The second-order valence-electron chi connectivity index (χ2n) is 19.6.